The first kappa shape index (κ1) is 14.6. The Kier molecular flexibility index (Phi) is 5.29. The first-order valence-electron chi connectivity index (χ1n) is 7.98. The Morgan fingerprint density at radius 3 is 2.76 bits per heavy atom. The molecule has 3 heterocycles. The third kappa shape index (κ3) is 4.08. The fraction of sp³-hybridized carbons (Fsp3) is 0.688. The largest absolute Gasteiger partial charge is 0.488 e. The molecule has 21 heavy (non-hydrogen) atoms. The van der Waals surface area contributed by atoms with Gasteiger partial charge in [0, 0.05) is 31.9 Å². The number of rotatable bonds is 5. The van der Waals surface area contributed by atoms with Gasteiger partial charge in [0.25, 0.3) is 0 Å². The minimum absolute atomic E-state index is 0.708. The third-order valence-electron chi connectivity index (χ3n) is 4.10. The van der Waals surface area contributed by atoms with Gasteiger partial charge in [0.15, 0.2) is 11.6 Å². The highest BCUT2D eigenvalue weighted by atomic mass is 16.5. The lowest BCUT2D eigenvalue weighted by Crippen LogP contribution is -2.37. The van der Waals surface area contributed by atoms with Gasteiger partial charge < -0.3 is 14.4 Å². The van der Waals surface area contributed by atoms with Crippen molar-refractivity contribution in [2.24, 2.45) is 0 Å². The van der Waals surface area contributed by atoms with E-state index in [1.165, 1.54) is 32.4 Å². The highest BCUT2D eigenvalue weighted by Crippen LogP contribution is 2.25. The maximum absolute atomic E-state index is 5.95. The van der Waals surface area contributed by atoms with Gasteiger partial charge in [-0.25, -0.2) is 4.98 Å². The van der Waals surface area contributed by atoms with Crippen LogP contribution in [0, 0.1) is 6.07 Å². The summed E-state index contributed by atoms with van der Waals surface area (Å²) in [7, 11) is 0. The van der Waals surface area contributed by atoms with Crippen molar-refractivity contribution in [1.29, 1.82) is 0 Å². The Morgan fingerprint density at radius 2 is 1.95 bits per heavy atom. The van der Waals surface area contributed by atoms with E-state index in [9.17, 15) is 0 Å². The molecule has 1 aromatic rings. The molecule has 115 valence electrons. The number of anilines is 1. The Bertz CT molecular complexity index is 429. The van der Waals surface area contributed by atoms with E-state index in [4.69, 9.17) is 9.47 Å². The summed E-state index contributed by atoms with van der Waals surface area (Å²) in [6.07, 6.45) is 5.79. The van der Waals surface area contributed by atoms with Crippen molar-refractivity contribution in [1.82, 2.24) is 9.88 Å². The summed E-state index contributed by atoms with van der Waals surface area (Å²) in [5.74, 6) is 1.68. The van der Waals surface area contributed by atoms with Gasteiger partial charge in [0.05, 0.1) is 13.2 Å². The first-order chi connectivity index (χ1) is 10.4. The Morgan fingerprint density at radius 1 is 1.14 bits per heavy atom. The zero-order valence-electron chi connectivity index (χ0n) is 12.6. The number of pyridine rings is 1. The number of likely N-dealkylation sites (tertiary alicyclic amines) is 1. The Hall–Kier alpha value is -1.33. The summed E-state index contributed by atoms with van der Waals surface area (Å²) >= 11 is 0. The number of aromatic nitrogens is 1. The van der Waals surface area contributed by atoms with Gasteiger partial charge in [-0.05, 0) is 32.0 Å². The van der Waals surface area contributed by atoms with Crippen LogP contribution in [0.25, 0.3) is 0 Å². The molecule has 1 aromatic heterocycles. The van der Waals surface area contributed by atoms with E-state index >= 15 is 0 Å². The summed E-state index contributed by atoms with van der Waals surface area (Å²) in [5, 5.41) is 0. The molecule has 0 N–H and O–H groups in total. The zero-order chi connectivity index (χ0) is 14.3. The fourth-order valence-electron chi connectivity index (χ4n) is 2.91. The summed E-state index contributed by atoms with van der Waals surface area (Å²) < 4.78 is 11.3. The number of piperidine rings is 1. The molecule has 5 heteroatoms. The van der Waals surface area contributed by atoms with Crippen molar-refractivity contribution < 1.29 is 9.47 Å². The second-order valence-corrected chi connectivity index (χ2v) is 5.59. The van der Waals surface area contributed by atoms with E-state index in [2.05, 4.69) is 20.9 Å². The van der Waals surface area contributed by atoms with Gasteiger partial charge >= 0.3 is 0 Å². The normalized spacial score (nSPS) is 20.5. The van der Waals surface area contributed by atoms with Crippen molar-refractivity contribution >= 4 is 5.82 Å². The van der Waals surface area contributed by atoms with Gasteiger partial charge in [0.1, 0.15) is 6.61 Å². The average Bonchev–Trinajstić information content (AvgIpc) is 2.57. The maximum atomic E-state index is 5.95. The molecule has 2 aliphatic heterocycles. The molecule has 1 radical (unpaired) electrons. The molecule has 0 bridgehead atoms. The lowest BCUT2D eigenvalue weighted by atomic mass is 10.1. The molecule has 2 fully saturated rings. The van der Waals surface area contributed by atoms with Crippen LogP contribution < -0.4 is 9.64 Å². The van der Waals surface area contributed by atoms with Crippen LogP contribution >= 0.6 is 0 Å². The van der Waals surface area contributed by atoms with Crippen LogP contribution in [0.5, 0.6) is 5.75 Å². The molecule has 3 rings (SSSR count). The van der Waals surface area contributed by atoms with Crippen molar-refractivity contribution in [3.05, 3.63) is 18.3 Å². The van der Waals surface area contributed by atoms with Gasteiger partial charge in [-0.15, -0.1) is 0 Å². The van der Waals surface area contributed by atoms with Crippen LogP contribution in [-0.2, 0) is 4.74 Å². The summed E-state index contributed by atoms with van der Waals surface area (Å²) in [5.41, 5.74) is 0. The van der Waals surface area contributed by atoms with Crippen LogP contribution in [0.15, 0.2) is 12.3 Å². The quantitative estimate of drug-likeness (QED) is 0.823. The minimum atomic E-state index is 0.708. The smallest absolute Gasteiger partial charge is 0.172 e. The molecule has 5 nitrogen and oxygen atoms in total. The third-order valence-corrected chi connectivity index (χ3v) is 4.10. The molecule has 0 aliphatic carbocycles. The topological polar surface area (TPSA) is 37.8 Å². The Balaban J connectivity index is 1.54. The standard InChI is InChI=1S/C16H24N3O2/c1-2-7-18(8-3-1)9-14-21-15-5-4-6-17-16(15)19-10-12-20-13-11-19/h4,6H,1-3,7-14H2. The van der Waals surface area contributed by atoms with Crippen molar-refractivity contribution in [2.45, 2.75) is 19.3 Å². The van der Waals surface area contributed by atoms with Crippen LogP contribution in [0.3, 0.4) is 0 Å². The lowest BCUT2D eigenvalue weighted by molar-refractivity contribution is 0.122. The molecular formula is C16H24N3O2. The van der Waals surface area contributed by atoms with E-state index in [-0.39, 0.29) is 0 Å². The van der Waals surface area contributed by atoms with Crippen LogP contribution in [0.2, 0.25) is 0 Å². The van der Waals surface area contributed by atoms with E-state index < -0.39 is 0 Å². The van der Waals surface area contributed by atoms with E-state index in [0.717, 1.165) is 44.4 Å². The maximum Gasteiger partial charge on any atom is 0.172 e. The minimum Gasteiger partial charge on any atom is -0.488 e. The average molecular weight is 290 g/mol. The fourth-order valence-corrected chi connectivity index (χ4v) is 2.91. The molecular weight excluding hydrogens is 266 g/mol. The van der Waals surface area contributed by atoms with Crippen LogP contribution in [-0.4, -0.2) is 62.4 Å². The molecule has 2 aliphatic rings. The van der Waals surface area contributed by atoms with E-state index in [1.54, 1.807) is 6.20 Å². The predicted octanol–water partition coefficient (Wildman–Crippen LogP) is 1.58. The summed E-state index contributed by atoms with van der Waals surface area (Å²) in [6, 6.07) is 5.01. The van der Waals surface area contributed by atoms with Gasteiger partial charge in [0.2, 0.25) is 0 Å². The monoisotopic (exact) mass is 290 g/mol. The highest BCUT2D eigenvalue weighted by molar-refractivity contribution is 5.51. The number of morpholine rings is 1. The summed E-state index contributed by atoms with van der Waals surface area (Å²) in [6.45, 7) is 7.35. The number of hydrogen-bond donors (Lipinski definition) is 0. The number of ether oxygens (including phenoxy) is 2. The molecule has 0 saturated carbocycles. The molecule has 0 aromatic carbocycles. The van der Waals surface area contributed by atoms with E-state index in [0.29, 0.717) is 6.61 Å². The zero-order valence-corrected chi connectivity index (χ0v) is 12.6. The lowest BCUT2D eigenvalue weighted by Gasteiger charge is -2.29. The first-order valence-corrected chi connectivity index (χ1v) is 7.98. The predicted molar refractivity (Wildman–Crippen MR) is 81.9 cm³/mol. The second-order valence-electron chi connectivity index (χ2n) is 5.59. The molecule has 0 unspecified atom stereocenters. The Labute approximate surface area is 126 Å². The number of hydrogen-bond acceptors (Lipinski definition) is 5. The van der Waals surface area contributed by atoms with Crippen molar-refractivity contribution in [3.8, 4) is 5.75 Å². The highest BCUT2D eigenvalue weighted by Gasteiger charge is 2.17. The van der Waals surface area contributed by atoms with Gasteiger partial charge in [-0.2, -0.15) is 0 Å². The molecule has 0 atom stereocenters. The van der Waals surface area contributed by atoms with Gasteiger partial charge in [-0.1, -0.05) is 6.42 Å². The van der Waals surface area contributed by atoms with Crippen molar-refractivity contribution in [2.75, 3.05) is 57.4 Å². The van der Waals surface area contributed by atoms with Crippen molar-refractivity contribution in [3.63, 3.8) is 0 Å². The van der Waals surface area contributed by atoms with Gasteiger partial charge in [-0.3, -0.25) is 4.90 Å². The SMILES string of the molecule is [c]1ccnc(N2CCOCC2)c1OCCN1CCCCC1. The number of nitrogens with zero attached hydrogens (tertiary/aromatic N) is 3. The van der Waals surface area contributed by atoms with E-state index in [1.807, 2.05) is 6.07 Å². The second kappa shape index (κ2) is 7.61. The molecule has 0 amide bonds. The molecule has 0 spiro atoms. The molecule has 2 saturated heterocycles. The van der Waals surface area contributed by atoms with Crippen LogP contribution in [0.1, 0.15) is 19.3 Å². The summed E-state index contributed by atoms with van der Waals surface area (Å²) in [4.78, 5) is 9.17. The van der Waals surface area contributed by atoms with Crippen LogP contribution in [0.4, 0.5) is 5.82 Å².